The fourth-order valence-corrected chi connectivity index (χ4v) is 2.76. The van der Waals surface area contributed by atoms with Crippen LogP contribution in [0.15, 0.2) is 53.4 Å². The van der Waals surface area contributed by atoms with Crippen molar-refractivity contribution in [1.29, 1.82) is 0 Å². The predicted octanol–water partition coefficient (Wildman–Crippen LogP) is 2.49. The molecule has 2 amide bonds. The number of rotatable bonds is 3. The zero-order valence-electron chi connectivity index (χ0n) is 11.2. The summed E-state index contributed by atoms with van der Waals surface area (Å²) in [6.45, 7) is 0. The predicted molar refractivity (Wildman–Crippen MR) is 86.0 cm³/mol. The first-order valence-electron chi connectivity index (χ1n) is 5.98. The van der Waals surface area contributed by atoms with E-state index in [0.717, 1.165) is 10.6 Å². The Morgan fingerprint density at radius 1 is 1.14 bits per heavy atom. The van der Waals surface area contributed by atoms with E-state index in [1.807, 2.05) is 0 Å². The molecule has 0 atom stereocenters. The molecule has 2 aromatic rings. The topological polar surface area (TPSA) is 80.5 Å². The minimum absolute atomic E-state index is 0.208. The van der Waals surface area contributed by atoms with Crippen LogP contribution in [0.2, 0.25) is 0 Å². The van der Waals surface area contributed by atoms with Crippen molar-refractivity contribution in [2.45, 2.75) is 4.90 Å². The lowest BCUT2D eigenvalue weighted by atomic mass is 10.0. The maximum absolute atomic E-state index is 11.6. The van der Waals surface area contributed by atoms with Gasteiger partial charge in [0.25, 0.3) is 0 Å². The molecule has 0 fully saturated rings. The highest BCUT2D eigenvalue weighted by Crippen LogP contribution is 2.32. The molecule has 0 saturated heterocycles. The van der Waals surface area contributed by atoms with Crippen molar-refractivity contribution in [3.8, 4) is 11.1 Å². The van der Waals surface area contributed by atoms with E-state index < -0.39 is 15.9 Å². The first-order chi connectivity index (χ1) is 9.80. The van der Waals surface area contributed by atoms with E-state index in [9.17, 15) is 13.2 Å². The number of hydrogen-bond donors (Lipinski definition) is 2. The summed E-state index contributed by atoms with van der Waals surface area (Å²) >= 11 is 4.06. The molecular weight excluding hydrogens is 308 g/mol. The van der Waals surface area contributed by atoms with Crippen molar-refractivity contribution >= 4 is 34.4 Å². The Morgan fingerprint density at radius 3 is 2.43 bits per heavy atom. The van der Waals surface area contributed by atoms with E-state index in [0.29, 0.717) is 16.8 Å². The molecule has 2 rings (SSSR count). The van der Waals surface area contributed by atoms with Gasteiger partial charge in [-0.2, -0.15) is 0 Å². The summed E-state index contributed by atoms with van der Waals surface area (Å²) in [6.07, 6.45) is 1.15. The second-order valence-electron chi connectivity index (χ2n) is 4.47. The van der Waals surface area contributed by atoms with Gasteiger partial charge in [-0.25, -0.2) is 17.5 Å². The van der Waals surface area contributed by atoms with Gasteiger partial charge in [0, 0.05) is 11.8 Å². The summed E-state index contributed by atoms with van der Waals surface area (Å²) in [5.74, 6) is 0. The molecule has 0 aromatic heterocycles. The molecule has 2 aromatic carbocycles. The highest BCUT2D eigenvalue weighted by molar-refractivity contribution is 7.90. The van der Waals surface area contributed by atoms with Crippen LogP contribution < -0.4 is 10.0 Å². The molecule has 0 aliphatic carbocycles. The number of amides is 2. The van der Waals surface area contributed by atoms with Gasteiger partial charge in [-0.05, 0) is 23.8 Å². The van der Waals surface area contributed by atoms with Crippen LogP contribution in [-0.4, -0.2) is 20.7 Å². The molecule has 5 nitrogen and oxygen atoms in total. The Hall–Kier alpha value is -1.99. The number of benzene rings is 2. The van der Waals surface area contributed by atoms with E-state index in [2.05, 4.69) is 12.8 Å². The van der Waals surface area contributed by atoms with Crippen LogP contribution in [0.4, 0.5) is 10.5 Å². The van der Waals surface area contributed by atoms with E-state index in [-0.39, 0.29) is 4.90 Å². The monoisotopic (exact) mass is 322 g/mol. The normalized spacial score (nSPS) is 11.1. The number of para-hydroxylation sites is 1. The molecule has 0 bridgehead atoms. The summed E-state index contributed by atoms with van der Waals surface area (Å²) in [4.78, 5) is 11.5. The van der Waals surface area contributed by atoms with Gasteiger partial charge >= 0.3 is 6.03 Å². The molecule has 2 N–H and O–H groups in total. The molecule has 0 heterocycles. The van der Waals surface area contributed by atoms with Crippen LogP contribution in [-0.2, 0) is 9.84 Å². The maximum atomic E-state index is 11.6. The van der Waals surface area contributed by atoms with Gasteiger partial charge < -0.3 is 5.73 Å². The van der Waals surface area contributed by atoms with Crippen molar-refractivity contribution in [3.05, 3.63) is 48.5 Å². The number of nitrogens with zero attached hydrogens (tertiary/aromatic N) is 1. The highest BCUT2D eigenvalue weighted by atomic mass is 32.2. The van der Waals surface area contributed by atoms with E-state index in [4.69, 9.17) is 5.73 Å². The standard InChI is InChI=1S/C14H14N2O3S2/c1-21(18,19)11-6-4-5-10(9-11)12-7-2-3-8-13(12)16(20)14(15)17/h2-9,20H,1H3,(H2,15,17). The Balaban J connectivity index is 2.61. The van der Waals surface area contributed by atoms with Gasteiger partial charge in [-0.1, -0.05) is 43.1 Å². The number of hydrogen-bond acceptors (Lipinski definition) is 4. The van der Waals surface area contributed by atoms with Gasteiger partial charge in [0.2, 0.25) is 0 Å². The van der Waals surface area contributed by atoms with Crippen molar-refractivity contribution in [1.82, 2.24) is 0 Å². The largest absolute Gasteiger partial charge is 0.350 e. The summed E-state index contributed by atoms with van der Waals surface area (Å²) in [7, 11) is -3.31. The molecular formula is C14H14N2O3S2. The van der Waals surface area contributed by atoms with E-state index in [1.165, 1.54) is 6.07 Å². The number of carbonyl (C=O) groups is 1. The van der Waals surface area contributed by atoms with Crippen molar-refractivity contribution in [3.63, 3.8) is 0 Å². The van der Waals surface area contributed by atoms with Gasteiger partial charge in [0.15, 0.2) is 9.84 Å². The minimum atomic E-state index is -3.31. The second kappa shape index (κ2) is 5.79. The quantitative estimate of drug-likeness (QED) is 0.852. The Labute approximate surface area is 128 Å². The van der Waals surface area contributed by atoms with Crippen molar-refractivity contribution in [2.75, 3.05) is 10.6 Å². The lowest BCUT2D eigenvalue weighted by Gasteiger charge is -2.17. The lowest BCUT2D eigenvalue weighted by molar-refractivity contribution is 0.257. The number of carbonyl (C=O) groups excluding carboxylic acids is 1. The maximum Gasteiger partial charge on any atom is 0.329 e. The fourth-order valence-electron chi connectivity index (χ4n) is 1.92. The smallest absolute Gasteiger partial charge is 0.329 e. The average Bonchev–Trinajstić information content (AvgIpc) is 2.45. The Morgan fingerprint density at radius 2 is 1.81 bits per heavy atom. The number of nitrogens with two attached hydrogens (primary N) is 1. The lowest BCUT2D eigenvalue weighted by Crippen LogP contribution is -2.27. The van der Waals surface area contributed by atoms with Gasteiger partial charge in [0.1, 0.15) is 0 Å². The van der Waals surface area contributed by atoms with Gasteiger partial charge in [-0.3, -0.25) is 0 Å². The summed E-state index contributed by atoms with van der Waals surface area (Å²) < 4.78 is 24.3. The van der Waals surface area contributed by atoms with E-state index >= 15 is 0 Å². The van der Waals surface area contributed by atoms with Crippen molar-refractivity contribution < 1.29 is 13.2 Å². The second-order valence-corrected chi connectivity index (χ2v) is 6.88. The molecule has 0 unspecified atom stereocenters. The molecule has 0 aliphatic heterocycles. The van der Waals surface area contributed by atoms with E-state index in [1.54, 1.807) is 42.5 Å². The Bertz CT molecular complexity index is 788. The third-order valence-corrected chi connectivity index (χ3v) is 4.44. The summed E-state index contributed by atoms with van der Waals surface area (Å²) in [5, 5.41) is 0. The number of urea groups is 1. The molecule has 7 heteroatoms. The molecule has 0 spiro atoms. The molecule has 110 valence electrons. The minimum Gasteiger partial charge on any atom is -0.350 e. The zero-order valence-corrected chi connectivity index (χ0v) is 12.9. The Kier molecular flexibility index (Phi) is 4.24. The highest BCUT2D eigenvalue weighted by Gasteiger charge is 2.15. The van der Waals surface area contributed by atoms with Gasteiger partial charge in [-0.15, -0.1) is 0 Å². The van der Waals surface area contributed by atoms with Crippen LogP contribution in [0.1, 0.15) is 0 Å². The van der Waals surface area contributed by atoms with Crippen LogP contribution in [0.5, 0.6) is 0 Å². The van der Waals surface area contributed by atoms with Crippen LogP contribution in [0.3, 0.4) is 0 Å². The van der Waals surface area contributed by atoms with Crippen LogP contribution in [0.25, 0.3) is 11.1 Å². The zero-order chi connectivity index (χ0) is 15.6. The van der Waals surface area contributed by atoms with Crippen LogP contribution in [0, 0.1) is 0 Å². The molecule has 0 aliphatic rings. The first kappa shape index (κ1) is 15.4. The molecule has 21 heavy (non-hydrogen) atoms. The molecule has 0 radical (unpaired) electrons. The number of anilines is 1. The number of thiol groups is 1. The fraction of sp³-hybridized carbons (Fsp3) is 0.0714. The van der Waals surface area contributed by atoms with Crippen molar-refractivity contribution in [2.24, 2.45) is 5.73 Å². The third-order valence-electron chi connectivity index (χ3n) is 2.91. The summed E-state index contributed by atoms with van der Waals surface area (Å²) in [5.41, 5.74) is 7.04. The first-order valence-corrected chi connectivity index (χ1v) is 8.28. The summed E-state index contributed by atoms with van der Waals surface area (Å²) in [6, 6.07) is 12.7. The SMILES string of the molecule is CS(=O)(=O)c1cccc(-c2ccccc2N(S)C(N)=O)c1. The average molecular weight is 322 g/mol. The molecule has 0 saturated carbocycles. The van der Waals surface area contributed by atoms with Crippen LogP contribution >= 0.6 is 12.8 Å². The number of primary amides is 1. The third kappa shape index (κ3) is 3.37. The van der Waals surface area contributed by atoms with Gasteiger partial charge in [0.05, 0.1) is 10.6 Å². The number of sulfone groups is 1.